The molecule has 1 heteroatoms. The smallest absolute Gasteiger partial charge is 0.0797 e. The summed E-state index contributed by atoms with van der Waals surface area (Å²) in [7, 11) is 0. The largest absolute Gasteiger partial charge is 0.516 e. The van der Waals surface area contributed by atoms with Crippen LogP contribution in [0.3, 0.4) is 0 Å². The summed E-state index contributed by atoms with van der Waals surface area (Å²) in [4.78, 5) is 0. The SMILES string of the molecule is OC=Cc1ccc2ccccc2c1. The Morgan fingerprint density at radius 3 is 2.46 bits per heavy atom. The molecule has 0 fully saturated rings. The van der Waals surface area contributed by atoms with Gasteiger partial charge in [0.1, 0.15) is 0 Å². The van der Waals surface area contributed by atoms with Gasteiger partial charge in [0.05, 0.1) is 6.26 Å². The fourth-order valence-electron chi connectivity index (χ4n) is 1.40. The molecule has 0 heterocycles. The van der Waals surface area contributed by atoms with Gasteiger partial charge in [-0.2, -0.15) is 0 Å². The van der Waals surface area contributed by atoms with Gasteiger partial charge in [0.2, 0.25) is 0 Å². The van der Waals surface area contributed by atoms with Crippen molar-refractivity contribution in [1.29, 1.82) is 0 Å². The first-order valence-corrected chi connectivity index (χ1v) is 4.20. The number of hydrogen-bond donors (Lipinski definition) is 1. The molecule has 2 aromatic rings. The van der Waals surface area contributed by atoms with Gasteiger partial charge in [0.25, 0.3) is 0 Å². The van der Waals surface area contributed by atoms with E-state index in [4.69, 9.17) is 5.11 Å². The lowest BCUT2D eigenvalue weighted by atomic mass is 10.1. The maximum atomic E-state index is 8.61. The molecule has 0 unspecified atom stereocenters. The number of benzene rings is 2. The molecule has 0 aliphatic heterocycles. The lowest BCUT2D eigenvalue weighted by molar-refractivity contribution is 0.478. The standard InChI is InChI=1S/C12H10O/c13-8-7-10-5-6-11-3-1-2-4-12(11)9-10/h1-9,13H. The topological polar surface area (TPSA) is 20.2 Å². The highest BCUT2D eigenvalue weighted by Gasteiger charge is 1.91. The van der Waals surface area contributed by atoms with Crippen molar-refractivity contribution in [3.05, 3.63) is 54.3 Å². The van der Waals surface area contributed by atoms with Crippen LogP contribution in [0.5, 0.6) is 0 Å². The molecule has 0 spiro atoms. The van der Waals surface area contributed by atoms with Crippen LogP contribution in [0.2, 0.25) is 0 Å². The van der Waals surface area contributed by atoms with Crippen LogP contribution >= 0.6 is 0 Å². The zero-order valence-electron chi connectivity index (χ0n) is 7.14. The van der Waals surface area contributed by atoms with Gasteiger partial charge in [0, 0.05) is 0 Å². The van der Waals surface area contributed by atoms with Crippen LogP contribution in [0.15, 0.2) is 48.7 Å². The normalized spacial score (nSPS) is 11.1. The average Bonchev–Trinajstić information content (AvgIpc) is 2.18. The first-order chi connectivity index (χ1) is 6.40. The molecule has 0 radical (unpaired) electrons. The fraction of sp³-hybridized carbons (Fsp3) is 0. The Kier molecular flexibility index (Phi) is 2.01. The summed E-state index contributed by atoms with van der Waals surface area (Å²) in [5.74, 6) is 0. The second kappa shape index (κ2) is 3.31. The Morgan fingerprint density at radius 1 is 0.923 bits per heavy atom. The van der Waals surface area contributed by atoms with Gasteiger partial charge in [-0.1, -0.05) is 36.4 Å². The predicted molar refractivity (Wildman–Crippen MR) is 55.6 cm³/mol. The van der Waals surface area contributed by atoms with E-state index in [1.807, 2.05) is 30.3 Å². The Balaban J connectivity index is 2.62. The van der Waals surface area contributed by atoms with Crippen molar-refractivity contribution in [3.8, 4) is 0 Å². The summed E-state index contributed by atoms with van der Waals surface area (Å²) in [5.41, 5.74) is 1.02. The minimum Gasteiger partial charge on any atom is -0.516 e. The van der Waals surface area contributed by atoms with Crippen molar-refractivity contribution in [2.24, 2.45) is 0 Å². The Labute approximate surface area is 76.9 Å². The number of aliphatic hydroxyl groups excluding tert-OH is 1. The first-order valence-electron chi connectivity index (χ1n) is 4.20. The Hall–Kier alpha value is -1.76. The van der Waals surface area contributed by atoms with Crippen molar-refractivity contribution in [2.75, 3.05) is 0 Å². The molecule has 0 amide bonds. The van der Waals surface area contributed by atoms with Crippen LogP contribution < -0.4 is 0 Å². The lowest BCUT2D eigenvalue weighted by Gasteiger charge is -1.97. The van der Waals surface area contributed by atoms with Crippen LogP contribution in [0.1, 0.15) is 5.56 Å². The monoisotopic (exact) mass is 170 g/mol. The van der Waals surface area contributed by atoms with Gasteiger partial charge in [-0.15, -0.1) is 0 Å². The third-order valence-electron chi connectivity index (χ3n) is 2.04. The van der Waals surface area contributed by atoms with Gasteiger partial charge < -0.3 is 5.11 Å². The molecule has 0 bridgehead atoms. The van der Waals surface area contributed by atoms with E-state index in [0.29, 0.717) is 0 Å². The molecular weight excluding hydrogens is 160 g/mol. The van der Waals surface area contributed by atoms with E-state index in [0.717, 1.165) is 11.8 Å². The molecule has 2 aromatic carbocycles. The van der Waals surface area contributed by atoms with Crippen molar-refractivity contribution in [3.63, 3.8) is 0 Å². The molecule has 0 aliphatic carbocycles. The second-order valence-electron chi connectivity index (χ2n) is 2.92. The van der Waals surface area contributed by atoms with E-state index in [2.05, 4.69) is 12.1 Å². The maximum absolute atomic E-state index is 8.61. The van der Waals surface area contributed by atoms with Gasteiger partial charge in [-0.25, -0.2) is 0 Å². The fourth-order valence-corrected chi connectivity index (χ4v) is 1.40. The maximum Gasteiger partial charge on any atom is 0.0797 e. The summed E-state index contributed by atoms with van der Waals surface area (Å²) in [6.45, 7) is 0. The first kappa shape index (κ1) is 7.87. The van der Waals surface area contributed by atoms with Crippen molar-refractivity contribution in [2.45, 2.75) is 0 Å². The molecule has 64 valence electrons. The quantitative estimate of drug-likeness (QED) is 0.650. The van der Waals surface area contributed by atoms with Crippen LogP contribution in [-0.2, 0) is 0 Å². The molecule has 13 heavy (non-hydrogen) atoms. The zero-order valence-corrected chi connectivity index (χ0v) is 7.14. The van der Waals surface area contributed by atoms with E-state index in [9.17, 15) is 0 Å². The summed E-state index contributed by atoms with van der Waals surface area (Å²) >= 11 is 0. The third kappa shape index (κ3) is 1.54. The van der Waals surface area contributed by atoms with Crippen molar-refractivity contribution < 1.29 is 5.11 Å². The molecule has 2 rings (SSSR count). The van der Waals surface area contributed by atoms with Crippen molar-refractivity contribution >= 4 is 16.8 Å². The highest BCUT2D eigenvalue weighted by atomic mass is 16.2. The molecule has 1 N–H and O–H groups in total. The predicted octanol–water partition coefficient (Wildman–Crippen LogP) is 3.37. The minimum atomic E-state index is 1.02. The highest BCUT2D eigenvalue weighted by molar-refractivity contribution is 5.84. The highest BCUT2D eigenvalue weighted by Crippen LogP contribution is 2.16. The summed E-state index contributed by atoms with van der Waals surface area (Å²) in [6, 6.07) is 14.2. The van der Waals surface area contributed by atoms with E-state index in [1.165, 1.54) is 10.8 Å². The molecule has 0 atom stereocenters. The number of rotatable bonds is 1. The van der Waals surface area contributed by atoms with E-state index in [-0.39, 0.29) is 0 Å². The molecule has 1 nitrogen and oxygen atoms in total. The summed E-state index contributed by atoms with van der Waals surface area (Å²) < 4.78 is 0. The number of aliphatic hydroxyl groups is 1. The number of hydrogen-bond acceptors (Lipinski definition) is 1. The van der Waals surface area contributed by atoms with E-state index >= 15 is 0 Å². The third-order valence-corrected chi connectivity index (χ3v) is 2.04. The van der Waals surface area contributed by atoms with Gasteiger partial charge in [-0.3, -0.25) is 0 Å². The molecule has 0 saturated heterocycles. The van der Waals surface area contributed by atoms with Gasteiger partial charge in [0.15, 0.2) is 0 Å². The Morgan fingerprint density at radius 2 is 1.69 bits per heavy atom. The van der Waals surface area contributed by atoms with E-state index < -0.39 is 0 Å². The minimum absolute atomic E-state index is 1.02. The van der Waals surface area contributed by atoms with Crippen LogP contribution in [-0.4, -0.2) is 5.11 Å². The summed E-state index contributed by atoms with van der Waals surface area (Å²) in [5, 5.41) is 11.0. The van der Waals surface area contributed by atoms with Gasteiger partial charge >= 0.3 is 0 Å². The van der Waals surface area contributed by atoms with E-state index in [1.54, 1.807) is 6.08 Å². The van der Waals surface area contributed by atoms with Crippen molar-refractivity contribution in [1.82, 2.24) is 0 Å². The molecule has 0 saturated carbocycles. The molecule has 0 aliphatic rings. The molecular formula is C12H10O. The summed E-state index contributed by atoms with van der Waals surface area (Å²) in [6.07, 6.45) is 2.73. The zero-order chi connectivity index (χ0) is 9.10. The van der Waals surface area contributed by atoms with Crippen LogP contribution in [0, 0.1) is 0 Å². The van der Waals surface area contributed by atoms with Crippen LogP contribution in [0.25, 0.3) is 16.8 Å². The van der Waals surface area contributed by atoms with Gasteiger partial charge in [-0.05, 0) is 28.5 Å². The second-order valence-corrected chi connectivity index (χ2v) is 2.92. The number of fused-ring (bicyclic) bond motifs is 1. The Bertz CT molecular complexity index is 444. The van der Waals surface area contributed by atoms with Crippen LogP contribution in [0.4, 0.5) is 0 Å². The average molecular weight is 170 g/mol. The lowest BCUT2D eigenvalue weighted by Crippen LogP contribution is -1.74. The molecule has 0 aromatic heterocycles.